The lowest BCUT2D eigenvalue weighted by molar-refractivity contribution is -0.219. The molecule has 0 spiro atoms. The van der Waals surface area contributed by atoms with Crippen LogP contribution in [0, 0.1) is 5.92 Å². The normalized spacial score (nSPS) is 22.6. The second kappa shape index (κ2) is 5.48. The van der Waals surface area contributed by atoms with Gasteiger partial charge in [-0.3, -0.25) is 0 Å². The van der Waals surface area contributed by atoms with Gasteiger partial charge in [0, 0.05) is 32.6 Å². The maximum atomic E-state index is 6.03. The van der Waals surface area contributed by atoms with Crippen LogP contribution in [0.1, 0.15) is 26.3 Å². The largest absolute Gasteiger partial charge is 0.462 e. The molecule has 1 unspecified atom stereocenters. The van der Waals surface area contributed by atoms with Crippen LogP contribution in [0.15, 0.2) is 18.2 Å². The molecule has 2 rings (SSSR count). The number of hydrogen-bond donors (Lipinski definition) is 0. The highest BCUT2D eigenvalue weighted by atomic mass is 28.4. The SMILES string of the molecule is CO[Si](C)(OC)c1ccc2c(c1)COC(C)(C(C)C)O2. The van der Waals surface area contributed by atoms with Gasteiger partial charge in [-0.2, -0.15) is 0 Å². The minimum Gasteiger partial charge on any atom is -0.462 e. The summed E-state index contributed by atoms with van der Waals surface area (Å²) in [5.41, 5.74) is 1.05. The van der Waals surface area contributed by atoms with E-state index in [1.54, 1.807) is 14.2 Å². The maximum absolute atomic E-state index is 6.03. The molecule has 1 atom stereocenters. The Labute approximate surface area is 122 Å². The van der Waals surface area contributed by atoms with Gasteiger partial charge in [0.25, 0.3) is 0 Å². The van der Waals surface area contributed by atoms with Crippen molar-refractivity contribution in [3.63, 3.8) is 0 Å². The molecule has 0 fully saturated rings. The van der Waals surface area contributed by atoms with Crippen molar-refractivity contribution in [2.24, 2.45) is 5.92 Å². The third kappa shape index (κ3) is 2.63. The van der Waals surface area contributed by atoms with E-state index < -0.39 is 14.3 Å². The summed E-state index contributed by atoms with van der Waals surface area (Å²) < 4.78 is 23.1. The Morgan fingerprint density at radius 3 is 2.45 bits per heavy atom. The van der Waals surface area contributed by atoms with Crippen molar-refractivity contribution in [2.45, 2.75) is 39.7 Å². The Balaban J connectivity index is 2.32. The zero-order valence-electron chi connectivity index (χ0n) is 13.1. The van der Waals surface area contributed by atoms with E-state index >= 15 is 0 Å². The highest BCUT2D eigenvalue weighted by molar-refractivity contribution is 6.79. The topological polar surface area (TPSA) is 36.9 Å². The molecular weight excluding hydrogens is 272 g/mol. The van der Waals surface area contributed by atoms with Crippen LogP contribution < -0.4 is 9.92 Å². The second-order valence-electron chi connectivity index (χ2n) is 5.74. The summed E-state index contributed by atoms with van der Waals surface area (Å²) in [5.74, 6) is 0.616. The van der Waals surface area contributed by atoms with Crippen molar-refractivity contribution in [3.8, 4) is 5.75 Å². The molecule has 1 aromatic rings. The summed E-state index contributed by atoms with van der Waals surface area (Å²) in [6.07, 6.45) is 0. The van der Waals surface area contributed by atoms with E-state index in [0.717, 1.165) is 16.5 Å². The first-order valence-electron chi connectivity index (χ1n) is 6.91. The first kappa shape index (κ1) is 15.5. The molecule has 0 saturated heterocycles. The van der Waals surface area contributed by atoms with Crippen molar-refractivity contribution in [3.05, 3.63) is 23.8 Å². The molecule has 1 heterocycles. The molecule has 0 bridgehead atoms. The van der Waals surface area contributed by atoms with E-state index in [1.165, 1.54) is 0 Å². The fourth-order valence-corrected chi connectivity index (χ4v) is 3.61. The second-order valence-corrected chi connectivity index (χ2v) is 9.02. The predicted octanol–water partition coefficient (Wildman–Crippen LogP) is 2.54. The van der Waals surface area contributed by atoms with Gasteiger partial charge < -0.3 is 18.3 Å². The van der Waals surface area contributed by atoms with Crippen molar-refractivity contribution >= 4 is 13.7 Å². The maximum Gasteiger partial charge on any atom is 0.368 e. The molecule has 0 aromatic heterocycles. The van der Waals surface area contributed by atoms with E-state index in [9.17, 15) is 0 Å². The summed E-state index contributed by atoms with van der Waals surface area (Å²) in [7, 11) is 1.08. The molecule has 0 amide bonds. The zero-order chi connectivity index (χ0) is 15.0. The average molecular weight is 296 g/mol. The Bertz CT molecular complexity index is 485. The number of rotatable bonds is 4. The summed E-state index contributed by atoms with van der Waals surface area (Å²) in [6.45, 7) is 8.75. The van der Waals surface area contributed by atoms with Crippen LogP contribution in [0.25, 0.3) is 0 Å². The molecule has 0 radical (unpaired) electrons. The summed E-state index contributed by atoms with van der Waals surface area (Å²) in [4.78, 5) is 0. The van der Waals surface area contributed by atoms with Crippen molar-refractivity contribution < 1.29 is 18.3 Å². The van der Waals surface area contributed by atoms with E-state index in [2.05, 4.69) is 19.9 Å². The molecular formula is C15H24O4Si. The molecule has 0 saturated carbocycles. The monoisotopic (exact) mass is 296 g/mol. The highest BCUT2D eigenvalue weighted by Gasteiger charge is 2.38. The van der Waals surface area contributed by atoms with Crippen LogP contribution in [-0.2, 0) is 20.2 Å². The smallest absolute Gasteiger partial charge is 0.368 e. The number of hydrogen-bond acceptors (Lipinski definition) is 4. The summed E-state index contributed by atoms with van der Waals surface area (Å²) >= 11 is 0. The Hall–Kier alpha value is -0.883. The van der Waals surface area contributed by atoms with Gasteiger partial charge in [0.15, 0.2) is 0 Å². The van der Waals surface area contributed by atoms with Gasteiger partial charge in [0.05, 0.1) is 6.61 Å². The first-order chi connectivity index (χ1) is 9.34. The molecule has 20 heavy (non-hydrogen) atoms. The Morgan fingerprint density at radius 1 is 1.25 bits per heavy atom. The van der Waals surface area contributed by atoms with Gasteiger partial charge in [-0.25, -0.2) is 0 Å². The van der Waals surface area contributed by atoms with Crippen LogP contribution in [0.4, 0.5) is 0 Å². The third-order valence-electron chi connectivity index (χ3n) is 4.24. The van der Waals surface area contributed by atoms with E-state index in [4.69, 9.17) is 18.3 Å². The molecule has 0 N–H and O–H groups in total. The molecule has 4 nitrogen and oxygen atoms in total. The number of fused-ring (bicyclic) bond motifs is 1. The lowest BCUT2D eigenvalue weighted by atomic mass is 10.0. The fourth-order valence-electron chi connectivity index (χ4n) is 2.15. The summed E-state index contributed by atoms with van der Waals surface area (Å²) in [5, 5.41) is 1.08. The van der Waals surface area contributed by atoms with Gasteiger partial charge >= 0.3 is 8.56 Å². The van der Waals surface area contributed by atoms with Crippen molar-refractivity contribution in [1.82, 2.24) is 0 Å². The van der Waals surface area contributed by atoms with Crippen LogP contribution >= 0.6 is 0 Å². The Morgan fingerprint density at radius 2 is 1.90 bits per heavy atom. The number of benzene rings is 1. The van der Waals surface area contributed by atoms with Gasteiger partial charge in [-0.05, 0) is 23.9 Å². The molecule has 1 aliphatic rings. The van der Waals surface area contributed by atoms with Crippen LogP contribution in [0.2, 0.25) is 6.55 Å². The third-order valence-corrected chi connectivity index (χ3v) is 7.16. The van der Waals surface area contributed by atoms with Gasteiger partial charge in [-0.1, -0.05) is 19.9 Å². The molecule has 5 heteroatoms. The van der Waals surface area contributed by atoms with Crippen molar-refractivity contribution in [2.75, 3.05) is 14.2 Å². The zero-order valence-corrected chi connectivity index (χ0v) is 14.1. The minimum atomic E-state index is -2.30. The number of ether oxygens (including phenoxy) is 2. The predicted molar refractivity (Wildman–Crippen MR) is 80.4 cm³/mol. The lowest BCUT2D eigenvalue weighted by Gasteiger charge is -2.39. The standard InChI is InChI=1S/C15H24O4Si/c1-11(2)15(3)18-10-12-9-13(7-8-14(12)19-15)20(6,16-4)17-5/h7-9,11H,10H2,1-6H3. The van der Waals surface area contributed by atoms with Crippen molar-refractivity contribution in [1.29, 1.82) is 0 Å². The van der Waals surface area contributed by atoms with E-state index in [0.29, 0.717) is 6.61 Å². The van der Waals surface area contributed by atoms with Crippen LogP contribution in [-0.4, -0.2) is 28.6 Å². The van der Waals surface area contributed by atoms with Crippen LogP contribution in [0.3, 0.4) is 0 Å². The van der Waals surface area contributed by atoms with Crippen LogP contribution in [0.5, 0.6) is 5.75 Å². The Kier molecular flexibility index (Phi) is 4.25. The van der Waals surface area contributed by atoms with Gasteiger partial charge in [-0.15, -0.1) is 0 Å². The van der Waals surface area contributed by atoms with Gasteiger partial charge in [0.1, 0.15) is 5.75 Å². The first-order valence-corrected chi connectivity index (χ1v) is 9.23. The minimum absolute atomic E-state index is 0.285. The highest BCUT2D eigenvalue weighted by Crippen LogP contribution is 2.35. The van der Waals surface area contributed by atoms with E-state index in [1.807, 2.05) is 25.6 Å². The molecule has 112 valence electrons. The lowest BCUT2D eigenvalue weighted by Crippen LogP contribution is -2.50. The van der Waals surface area contributed by atoms with Gasteiger partial charge in [0.2, 0.25) is 5.79 Å². The molecule has 1 aliphatic heterocycles. The molecule has 0 aliphatic carbocycles. The summed E-state index contributed by atoms with van der Waals surface area (Å²) in [6, 6.07) is 6.11. The molecule has 1 aromatic carbocycles. The van der Waals surface area contributed by atoms with E-state index in [-0.39, 0.29) is 5.92 Å². The quantitative estimate of drug-likeness (QED) is 0.800. The fraction of sp³-hybridized carbons (Fsp3) is 0.600. The average Bonchev–Trinajstić information content (AvgIpc) is 2.45.